The SMILES string of the molecule is CC1(C)OB(c2cc([N+](=O)[O-])cc(F)c2O)OC1(C)C. The van der Waals surface area contributed by atoms with E-state index in [1.807, 2.05) is 0 Å². The van der Waals surface area contributed by atoms with Gasteiger partial charge in [-0.25, -0.2) is 4.39 Å². The van der Waals surface area contributed by atoms with Crippen LogP contribution in [-0.2, 0) is 9.31 Å². The summed E-state index contributed by atoms with van der Waals surface area (Å²) in [6.07, 6.45) is 0. The molecule has 1 aliphatic rings. The zero-order valence-corrected chi connectivity index (χ0v) is 11.6. The van der Waals surface area contributed by atoms with Crippen molar-refractivity contribution in [3.05, 3.63) is 28.1 Å². The summed E-state index contributed by atoms with van der Waals surface area (Å²) in [7, 11) is -1.06. The van der Waals surface area contributed by atoms with Crippen LogP contribution in [0.15, 0.2) is 12.1 Å². The van der Waals surface area contributed by atoms with Gasteiger partial charge in [0.25, 0.3) is 5.69 Å². The number of benzene rings is 1. The molecule has 8 heteroatoms. The smallest absolute Gasteiger partial charge is 0.499 e. The average Bonchev–Trinajstić information content (AvgIpc) is 2.51. The Morgan fingerprint density at radius 3 is 2.20 bits per heavy atom. The minimum Gasteiger partial charge on any atom is -0.505 e. The van der Waals surface area contributed by atoms with Gasteiger partial charge in [0.05, 0.1) is 22.2 Å². The number of halogens is 1. The Morgan fingerprint density at radius 1 is 1.25 bits per heavy atom. The Balaban J connectivity index is 2.47. The van der Waals surface area contributed by atoms with Crippen molar-refractivity contribution < 1.29 is 23.7 Å². The Hall–Kier alpha value is -1.67. The number of phenols is 1. The predicted molar refractivity (Wildman–Crippen MR) is 70.4 cm³/mol. The highest BCUT2D eigenvalue weighted by molar-refractivity contribution is 6.63. The lowest BCUT2D eigenvalue weighted by molar-refractivity contribution is -0.385. The van der Waals surface area contributed by atoms with Crippen molar-refractivity contribution in [1.29, 1.82) is 0 Å². The summed E-state index contributed by atoms with van der Waals surface area (Å²) in [6, 6.07) is 1.71. The van der Waals surface area contributed by atoms with Crippen molar-refractivity contribution in [1.82, 2.24) is 0 Å². The minimum absolute atomic E-state index is 0.0876. The predicted octanol–water partition coefficient (Wildman–Crippen LogP) is 1.74. The molecular weight excluding hydrogens is 268 g/mol. The van der Waals surface area contributed by atoms with Crippen LogP contribution in [-0.4, -0.2) is 28.4 Å². The normalized spacial score (nSPS) is 20.1. The number of nitrogens with zero attached hydrogens (tertiary/aromatic N) is 1. The Bertz CT molecular complexity index is 559. The molecule has 1 fully saturated rings. The van der Waals surface area contributed by atoms with E-state index in [1.165, 1.54) is 0 Å². The van der Waals surface area contributed by atoms with Gasteiger partial charge in [-0.15, -0.1) is 0 Å². The summed E-state index contributed by atoms with van der Waals surface area (Å²) in [6.45, 7) is 7.16. The van der Waals surface area contributed by atoms with Crippen molar-refractivity contribution in [3.63, 3.8) is 0 Å². The summed E-state index contributed by atoms with van der Waals surface area (Å²) < 4.78 is 24.9. The molecule has 1 N–H and O–H groups in total. The standard InChI is InChI=1S/C12H15BFNO5/c1-11(2)12(3,4)20-13(19-11)8-5-7(15(17)18)6-9(14)10(8)16/h5-6,16H,1-4H3. The second kappa shape index (κ2) is 4.42. The Morgan fingerprint density at radius 2 is 1.75 bits per heavy atom. The van der Waals surface area contributed by atoms with Gasteiger partial charge in [0.15, 0.2) is 11.6 Å². The molecule has 2 rings (SSSR count). The molecule has 0 radical (unpaired) electrons. The Labute approximate surface area is 115 Å². The van der Waals surface area contributed by atoms with Crippen LogP contribution in [0.25, 0.3) is 0 Å². The minimum atomic E-state index is -1.08. The lowest BCUT2D eigenvalue weighted by Gasteiger charge is -2.32. The van der Waals surface area contributed by atoms with E-state index in [4.69, 9.17) is 9.31 Å². The molecule has 1 aliphatic heterocycles. The maximum Gasteiger partial charge on any atom is 0.499 e. The molecule has 0 amide bonds. The van der Waals surface area contributed by atoms with Crippen molar-refractivity contribution in [2.45, 2.75) is 38.9 Å². The molecule has 0 atom stereocenters. The Kier molecular flexibility index (Phi) is 3.26. The van der Waals surface area contributed by atoms with E-state index in [2.05, 4.69) is 0 Å². The molecule has 0 aromatic heterocycles. The number of non-ortho nitro benzene ring substituents is 1. The largest absolute Gasteiger partial charge is 0.505 e. The van der Waals surface area contributed by atoms with Gasteiger partial charge in [-0.05, 0) is 27.7 Å². The average molecular weight is 283 g/mol. The summed E-state index contributed by atoms with van der Waals surface area (Å²) in [5.74, 6) is -1.78. The first-order valence-electron chi connectivity index (χ1n) is 6.07. The van der Waals surface area contributed by atoms with Crippen LogP contribution in [0.1, 0.15) is 27.7 Å². The number of rotatable bonds is 2. The quantitative estimate of drug-likeness (QED) is 0.508. The fourth-order valence-corrected chi connectivity index (χ4v) is 1.86. The van der Waals surface area contributed by atoms with Gasteiger partial charge in [-0.3, -0.25) is 10.1 Å². The third kappa shape index (κ3) is 2.25. The lowest BCUT2D eigenvalue weighted by atomic mass is 9.78. The molecule has 0 aliphatic carbocycles. The van der Waals surface area contributed by atoms with Gasteiger partial charge in [-0.2, -0.15) is 0 Å². The van der Waals surface area contributed by atoms with Crippen molar-refractivity contribution in [2.24, 2.45) is 0 Å². The van der Waals surface area contributed by atoms with Crippen LogP contribution in [0.5, 0.6) is 5.75 Å². The zero-order valence-electron chi connectivity index (χ0n) is 11.6. The fraction of sp³-hybridized carbons (Fsp3) is 0.500. The topological polar surface area (TPSA) is 81.8 Å². The van der Waals surface area contributed by atoms with Crippen molar-refractivity contribution in [3.8, 4) is 5.75 Å². The van der Waals surface area contributed by atoms with E-state index >= 15 is 0 Å². The molecule has 1 heterocycles. The van der Waals surface area contributed by atoms with E-state index in [-0.39, 0.29) is 5.46 Å². The summed E-state index contributed by atoms with van der Waals surface area (Å²) in [5, 5.41) is 20.5. The maximum absolute atomic E-state index is 13.6. The van der Waals surface area contributed by atoms with Crippen LogP contribution in [0.4, 0.5) is 10.1 Å². The van der Waals surface area contributed by atoms with Crippen molar-refractivity contribution in [2.75, 3.05) is 0 Å². The molecule has 0 saturated carbocycles. The fourth-order valence-electron chi connectivity index (χ4n) is 1.86. The molecule has 108 valence electrons. The van der Waals surface area contributed by atoms with Crippen LogP contribution < -0.4 is 5.46 Å². The maximum atomic E-state index is 13.6. The van der Waals surface area contributed by atoms with Gasteiger partial charge in [0.1, 0.15) is 0 Å². The van der Waals surface area contributed by atoms with Crippen LogP contribution in [0.2, 0.25) is 0 Å². The molecule has 1 aromatic rings. The van der Waals surface area contributed by atoms with Crippen LogP contribution >= 0.6 is 0 Å². The number of nitro groups is 1. The molecule has 0 bridgehead atoms. The van der Waals surface area contributed by atoms with Crippen LogP contribution in [0, 0.1) is 15.9 Å². The first kappa shape index (κ1) is 14.7. The first-order valence-corrected chi connectivity index (χ1v) is 6.07. The van der Waals surface area contributed by atoms with E-state index < -0.39 is 40.5 Å². The highest BCUT2D eigenvalue weighted by Gasteiger charge is 2.53. The molecule has 6 nitrogen and oxygen atoms in total. The second-order valence-corrected chi connectivity index (χ2v) is 5.71. The van der Waals surface area contributed by atoms with E-state index in [1.54, 1.807) is 27.7 Å². The second-order valence-electron chi connectivity index (χ2n) is 5.71. The molecule has 0 spiro atoms. The van der Waals surface area contributed by atoms with E-state index in [0.717, 1.165) is 6.07 Å². The molecule has 0 unspecified atom stereocenters. The van der Waals surface area contributed by atoms with Crippen LogP contribution in [0.3, 0.4) is 0 Å². The first-order chi connectivity index (χ1) is 9.05. The lowest BCUT2D eigenvalue weighted by Crippen LogP contribution is -2.41. The number of hydrogen-bond acceptors (Lipinski definition) is 5. The van der Waals surface area contributed by atoms with Gasteiger partial charge in [0.2, 0.25) is 0 Å². The van der Waals surface area contributed by atoms with Crippen molar-refractivity contribution >= 4 is 18.3 Å². The number of nitro benzene ring substituents is 1. The number of aromatic hydroxyl groups is 1. The molecule has 1 aromatic carbocycles. The summed E-state index contributed by atoms with van der Waals surface area (Å²) >= 11 is 0. The molecule has 20 heavy (non-hydrogen) atoms. The van der Waals surface area contributed by atoms with Gasteiger partial charge >= 0.3 is 7.12 Å². The third-order valence-electron chi connectivity index (χ3n) is 3.80. The molecular formula is C12H15BFNO5. The number of phenolic OH excluding ortho intramolecular Hbond substituents is 1. The summed E-state index contributed by atoms with van der Waals surface area (Å²) in [5.41, 5.74) is -1.93. The third-order valence-corrected chi connectivity index (χ3v) is 3.80. The van der Waals surface area contributed by atoms with E-state index in [9.17, 15) is 19.6 Å². The highest BCUT2D eigenvalue weighted by Crippen LogP contribution is 2.37. The van der Waals surface area contributed by atoms with E-state index in [0.29, 0.717) is 6.07 Å². The number of hydrogen-bond donors (Lipinski definition) is 1. The van der Waals surface area contributed by atoms with Gasteiger partial charge in [-0.1, -0.05) is 0 Å². The van der Waals surface area contributed by atoms with Gasteiger partial charge in [0, 0.05) is 11.5 Å². The van der Waals surface area contributed by atoms with Gasteiger partial charge < -0.3 is 14.4 Å². The zero-order chi connectivity index (χ0) is 15.3. The monoisotopic (exact) mass is 283 g/mol. The summed E-state index contributed by atoms with van der Waals surface area (Å²) in [4.78, 5) is 10.0. The molecule has 1 saturated heterocycles. The highest BCUT2D eigenvalue weighted by atomic mass is 19.1.